The SMILES string of the molecule is O=C(CN1CCN(C(=O)Cn2ccc3cc(Br)ccc32)CC1)N1CCCCCC1. The maximum absolute atomic E-state index is 12.8. The molecule has 1 aromatic heterocycles. The number of amides is 2. The first-order valence-corrected chi connectivity index (χ1v) is 11.4. The van der Waals surface area contributed by atoms with Gasteiger partial charge in [0.2, 0.25) is 11.8 Å². The van der Waals surface area contributed by atoms with Crippen LogP contribution in [-0.4, -0.2) is 76.9 Å². The minimum atomic E-state index is 0.143. The number of rotatable bonds is 4. The number of carbonyl (C=O) groups excluding carboxylic acids is 2. The summed E-state index contributed by atoms with van der Waals surface area (Å²) in [6, 6.07) is 8.15. The Bertz CT molecular complexity index is 865. The number of benzene rings is 1. The number of fused-ring (bicyclic) bond motifs is 1. The van der Waals surface area contributed by atoms with Crippen LogP contribution in [0.4, 0.5) is 0 Å². The zero-order valence-electron chi connectivity index (χ0n) is 16.9. The Kier molecular flexibility index (Phi) is 6.55. The number of aromatic nitrogens is 1. The maximum Gasteiger partial charge on any atom is 0.242 e. The fourth-order valence-electron chi connectivity index (χ4n) is 4.32. The molecule has 2 saturated heterocycles. The van der Waals surface area contributed by atoms with Gasteiger partial charge in [0, 0.05) is 60.8 Å². The molecule has 2 aliphatic heterocycles. The third-order valence-electron chi connectivity index (χ3n) is 6.08. The monoisotopic (exact) mass is 460 g/mol. The van der Waals surface area contributed by atoms with Gasteiger partial charge in [-0.05, 0) is 37.1 Å². The number of hydrogen-bond acceptors (Lipinski definition) is 3. The molecule has 7 heteroatoms. The Morgan fingerprint density at radius 1 is 0.793 bits per heavy atom. The number of halogens is 1. The first kappa shape index (κ1) is 20.4. The first-order valence-electron chi connectivity index (χ1n) is 10.6. The van der Waals surface area contributed by atoms with Crippen molar-refractivity contribution in [3.63, 3.8) is 0 Å². The Labute approximate surface area is 180 Å². The van der Waals surface area contributed by atoms with Crippen LogP contribution in [0.25, 0.3) is 10.9 Å². The summed E-state index contributed by atoms with van der Waals surface area (Å²) in [7, 11) is 0. The summed E-state index contributed by atoms with van der Waals surface area (Å²) in [5.41, 5.74) is 1.07. The van der Waals surface area contributed by atoms with E-state index in [0.717, 1.165) is 54.4 Å². The van der Waals surface area contributed by atoms with E-state index in [-0.39, 0.29) is 11.8 Å². The maximum atomic E-state index is 12.8. The predicted octanol–water partition coefficient (Wildman–Crippen LogP) is 2.95. The van der Waals surface area contributed by atoms with Gasteiger partial charge in [0.15, 0.2) is 0 Å². The van der Waals surface area contributed by atoms with E-state index in [4.69, 9.17) is 0 Å². The average Bonchev–Trinajstić information content (AvgIpc) is 2.92. The van der Waals surface area contributed by atoms with Crippen molar-refractivity contribution in [1.82, 2.24) is 19.3 Å². The molecule has 2 aromatic rings. The van der Waals surface area contributed by atoms with Gasteiger partial charge in [0.25, 0.3) is 0 Å². The van der Waals surface area contributed by atoms with Gasteiger partial charge in [-0.15, -0.1) is 0 Å². The molecule has 6 nitrogen and oxygen atoms in total. The van der Waals surface area contributed by atoms with E-state index >= 15 is 0 Å². The molecule has 0 saturated carbocycles. The molecular weight excluding hydrogens is 432 g/mol. The van der Waals surface area contributed by atoms with E-state index in [2.05, 4.69) is 26.9 Å². The lowest BCUT2D eigenvalue weighted by Crippen LogP contribution is -2.52. The highest BCUT2D eigenvalue weighted by atomic mass is 79.9. The standard InChI is InChI=1S/C22H29BrN4O2/c23-19-5-6-20-18(15-19)7-10-27(20)17-22(29)26-13-11-24(12-14-26)16-21(28)25-8-3-1-2-4-9-25/h5-7,10,15H,1-4,8-9,11-14,16-17H2. The van der Waals surface area contributed by atoms with E-state index in [0.29, 0.717) is 26.2 Å². The zero-order chi connectivity index (χ0) is 20.2. The minimum absolute atomic E-state index is 0.143. The molecule has 2 aliphatic rings. The van der Waals surface area contributed by atoms with Crippen molar-refractivity contribution in [3.05, 3.63) is 34.9 Å². The van der Waals surface area contributed by atoms with E-state index < -0.39 is 0 Å². The van der Waals surface area contributed by atoms with E-state index in [1.165, 1.54) is 12.8 Å². The molecule has 0 N–H and O–H groups in total. The summed E-state index contributed by atoms with van der Waals surface area (Å²) in [6.07, 6.45) is 6.69. The van der Waals surface area contributed by atoms with Crippen LogP contribution in [0, 0.1) is 0 Å². The van der Waals surface area contributed by atoms with Gasteiger partial charge in [-0.3, -0.25) is 14.5 Å². The van der Waals surface area contributed by atoms with Crippen molar-refractivity contribution in [2.45, 2.75) is 32.2 Å². The highest BCUT2D eigenvalue weighted by Gasteiger charge is 2.24. The molecule has 0 aliphatic carbocycles. The Morgan fingerprint density at radius 3 is 2.17 bits per heavy atom. The second-order valence-corrected chi connectivity index (χ2v) is 9.01. The number of likely N-dealkylation sites (tertiary alicyclic amines) is 1. The highest BCUT2D eigenvalue weighted by molar-refractivity contribution is 9.10. The molecule has 3 heterocycles. The second kappa shape index (κ2) is 9.30. The summed E-state index contributed by atoms with van der Waals surface area (Å²) in [5.74, 6) is 0.389. The van der Waals surface area contributed by atoms with Gasteiger partial charge in [-0.2, -0.15) is 0 Å². The molecule has 0 radical (unpaired) electrons. The van der Waals surface area contributed by atoms with Gasteiger partial charge in [-0.1, -0.05) is 28.8 Å². The smallest absolute Gasteiger partial charge is 0.242 e. The number of hydrogen-bond donors (Lipinski definition) is 0. The third kappa shape index (κ3) is 5.01. The predicted molar refractivity (Wildman–Crippen MR) is 118 cm³/mol. The number of piperazine rings is 1. The van der Waals surface area contributed by atoms with Crippen LogP contribution in [0.2, 0.25) is 0 Å². The van der Waals surface area contributed by atoms with Crippen LogP contribution in [0.5, 0.6) is 0 Å². The average molecular weight is 461 g/mol. The molecule has 4 rings (SSSR count). The molecule has 0 unspecified atom stereocenters. The van der Waals surface area contributed by atoms with Crippen LogP contribution in [0.3, 0.4) is 0 Å². The van der Waals surface area contributed by atoms with Crippen LogP contribution in [0.1, 0.15) is 25.7 Å². The normalized spacial score (nSPS) is 18.8. The summed E-state index contributed by atoms with van der Waals surface area (Å²) in [6.45, 7) is 5.57. The molecule has 2 amide bonds. The number of nitrogens with zero attached hydrogens (tertiary/aromatic N) is 4. The van der Waals surface area contributed by atoms with Crippen molar-refractivity contribution < 1.29 is 9.59 Å². The van der Waals surface area contributed by atoms with Crippen LogP contribution >= 0.6 is 15.9 Å². The molecule has 2 fully saturated rings. The van der Waals surface area contributed by atoms with Crippen molar-refractivity contribution in [3.8, 4) is 0 Å². The zero-order valence-corrected chi connectivity index (χ0v) is 18.4. The molecule has 0 atom stereocenters. The van der Waals surface area contributed by atoms with Crippen molar-refractivity contribution in [1.29, 1.82) is 0 Å². The van der Waals surface area contributed by atoms with Crippen LogP contribution in [0.15, 0.2) is 34.9 Å². The van der Waals surface area contributed by atoms with Gasteiger partial charge in [-0.25, -0.2) is 0 Å². The van der Waals surface area contributed by atoms with Gasteiger partial charge in [0.1, 0.15) is 6.54 Å². The van der Waals surface area contributed by atoms with E-state index in [9.17, 15) is 9.59 Å². The van der Waals surface area contributed by atoms with Crippen LogP contribution < -0.4 is 0 Å². The highest BCUT2D eigenvalue weighted by Crippen LogP contribution is 2.21. The minimum Gasteiger partial charge on any atom is -0.342 e. The lowest BCUT2D eigenvalue weighted by atomic mass is 10.2. The summed E-state index contributed by atoms with van der Waals surface area (Å²) in [4.78, 5) is 31.5. The molecule has 29 heavy (non-hydrogen) atoms. The Balaban J connectivity index is 1.27. The van der Waals surface area contributed by atoms with Crippen molar-refractivity contribution in [2.75, 3.05) is 45.8 Å². The fraction of sp³-hybridized carbons (Fsp3) is 0.545. The van der Waals surface area contributed by atoms with Crippen molar-refractivity contribution in [2.24, 2.45) is 0 Å². The fourth-order valence-corrected chi connectivity index (χ4v) is 4.70. The number of carbonyl (C=O) groups is 2. The Hall–Kier alpha value is -1.86. The molecule has 1 aromatic carbocycles. The van der Waals surface area contributed by atoms with Gasteiger partial charge < -0.3 is 14.4 Å². The topological polar surface area (TPSA) is 48.8 Å². The van der Waals surface area contributed by atoms with E-state index in [1.54, 1.807) is 0 Å². The lowest BCUT2D eigenvalue weighted by Gasteiger charge is -2.35. The van der Waals surface area contributed by atoms with Crippen molar-refractivity contribution >= 4 is 38.6 Å². The lowest BCUT2D eigenvalue weighted by molar-refractivity contribution is -0.135. The van der Waals surface area contributed by atoms with Gasteiger partial charge >= 0.3 is 0 Å². The third-order valence-corrected chi connectivity index (χ3v) is 6.57. The largest absolute Gasteiger partial charge is 0.342 e. The van der Waals surface area contributed by atoms with E-state index in [1.807, 2.05) is 38.8 Å². The first-order chi connectivity index (χ1) is 14.1. The Morgan fingerprint density at radius 2 is 1.45 bits per heavy atom. The summed E-state index contributed by atoms with van der Waals surface area (Å²) >= 11 is 3.49. The molecule has 0 spiro atoms. The second-order valence-electron chi connectivity index (χ2n) is 8.10. The molecule has 0 bridgehead atoms. The van der Waals surface area contributed by atoms with Crippen LogP contribution in [-0.2, 0) is 16.1 Å². The summed E-state index contributed by atoms with van der Waals surface area (Å²) < 4.78 is 3.05. The van der Waals surface area contributed by atoms with Gasteiger partial charge in [0.05, 0.1) is 6.54 Å². The molecule has 156 valence electrons. The quantitative estimate of drug-likeness (QED) is 0.704. The molecular formula is C22H29BrN4O2. The summed E-state index contributed by atoms with van der Waals surface area (Å²) in [5, 5.41) is 1.13.